The van der Waals surface area contributed by atoms with Gasteiger partial charge in [0.15, 0.2) is 0 Å². The molecule has 5 nitrogen and oxygen atoms in total. The molecule has 98 valence electrons. The van der Waals surface area contributed by atoms with Gasteiger partial charge in [0.2, 0.25) is 0 Å². The summed E-state index contributed by atoms with van der Waals surface area (Å²) in [5.74, 6) is -0.320. The van der Waals surface area contributed by atoms with Crippen LogP contribution in [0.1, 0.15) is 21.6 Å². The van der Waals surface area contributed by atoms with Gasteiger partial charge in [0, 0.05) is 19.3 Å². The molecule has 0 aliphatic rings. The van der Waals surface area contributed by atoms with Crippen molar-refractivity contribution in [1.82, 2.24) is 15.3 Å². The van der Waals surface area contributed by atoms with Crippen molar-refractivity contribution < 1.29 is 9.53 Å². The molecule has 1 aromatic carbocycles. The number of hydrogen-bond donors (Lipinski definition) is 1. The second kappa shape index (κ2) is 6.61. The molecule has 0 saturated carbocycles. The van der Waals surface area contributed by atoms with Gasteiger partial charge in [-0.2, -0.15) is 0 Å². The lowest BCUT2D eigenvalue weighted by Crippen LogP contribution is -2.16. The Kier molecular flexibility index (Phi) is 4.58. The molecule has 0 spiro atoms. The summed E-state index contributed by atoms with van der Waals surface area (Å²) in [6.07, 6.45) is 3.21. The molecule has 1 aromatic heterocycles. The van der Waals surface area contributed by atoms with Crippen molar-refractivity contribution in [2.24, 2.45) is 0 Å². The number of benzene rings is 1. The van der Waals surface area contributed by atoms with Crippen LogP contribution in [0.4, 0.5) is 0 Å². The van der Waals surface area contributed by atoms with Crippen molar-refractivity contribution in [2.45, 2.75) is 13.1 Å². The molecule has 1 N–H and O–H groups in total. The number of esters is 1. The molecule has 5 heteroatoms. The summed E-state index contributed by atoms with van der Waals surface area (Å²) in [4.78, 5) is 19.6. The molecular formula is C14H15N3O2. The standard InChI is InChI=1S/C14H15N3O2/c1-19-14(18)13-5-3-2-4-11(13)8-16-9-12-6-7-15-10-17-12/h2-7,10,16H,8-9H2,1H3. The predicted octanol–water partition coefficient (Wildman–Crippen LogP) is 1.55. The van der Waals surface area contributed by atoms with Crippen LogP contribution >= 0.6 is 0 Å². The minimum Gasteiger partial charge on any atom is -0.465 e. The van der Waals surface area contributed by atoms with Crippen LogP contribution < -0.4 is 5.32 Å². The van der Waals surface area contributed by atoms with Gasteiger partial charge in [0.25, 0.3) is 0 Å². The fourth-order valence-corrected chi connectivity index (χ4v) is 1.73. The third-order valence-electron chi connectivity index (χ3n) is 2.69. The quantitative estimate of drug-likeness (QED) is 0.823. The molecule has 1 heterocycles. The van der Waals surface area contributed by atoms with Crippen LogP contribution in [0, 0.1) is 0 Å². The summed E-state index contributed by atoms with van der Waals surface area (Å²) in [6.45, 7) is 1.20. The number of rotatable bonds is 5. The largest absolute Gasteiger partial charge is 0.465 e. The molecule has 0 aliphatic heterocycles. The van der Waals surface area contributed by atoms with Gasteiger partial charge in [0.05, 0.1) is 18.4 Å². The van der Waals surface area contributed by atoms with E-state index in [0.29, 0.717) is 18.7 Å². The Morgan fingerprint density at radius 2 is 2.11 bits per heavy atom. The van der Waals surface area contributed by atoms with E-state index in [1.807, 2.05) is 24.3 Å². The van der Waals surface area contributed by atoms with Crippen molar-refractivity contribution >= 4 is 5.97 Å². The van der Waals surface area contributed by atoms with E-state index < -0.39 is 0 Å². The highest BCUT2D eigenvalue weighted by molar-refractivity contribution is 5.90. The van der Waals surface area contributed by atoms with Crippen molar-refractivity contribution in [3.63, 3.8) is 0 Å². The lowest BCUT2D eigenvalue weighted by molar-refractivity contribution is 0.0599. The lowest BCUT2D eigenvalue weighted by Gasteiger charge is -2.08. The summed E-state index contributed by atoms with van der Waals surface area (Å²) in [6, 6.07) is 9.22. The van der Waals surface area contributed by atoms with E-state index >= 15 is 0 Å². The molecule has 0 radical (unpaired) electrons. The minimum atomic E-state index is -0.320. The Balaban J connectivity index is 1.98. The van der Waals surface area contributed by atoms with Gasteiger partial charge in [-0.1, -0.05) is 18.2 Å². The van der Waals surface area contributed by atoms with E-state index in [4.69, 9.17) is 4.74 Å². The van der Waals surface area contributed by atoms with Crippen LogP contribution in [-0.4, -0.2) is 23.0 Å². The van der Waals surface area contributed by atoms with Gasteiger partial charge in [-0.25, -0.2) is 14.8 Å². The van der Waals surface area contributed by atoms with E-state index in [-0.39, 0.29) is 5.97 Å². The summed E-state index contributed by atoms with van der Waals surface area (Å²) >= 11 is 0. The number of ether oxygens (including phenoxy) is 1. The van der Waals surface area contributed by atoms with Gasteiger partial charge in [-0.05, 0) is 17.7 Å². The zero-order valence-electron chi connectivity index (χ0n) is 10.7. The first-order valence-corrected chi connectivity index (χ1v) is 5.93. The first kappa shape index (κ1) is 13.2. The van der Waals surface area contributed by atoms with Crippen molar-refractivity contribution in [2.75, 3.05) is 7.11 Å². The topological polar surface area (TPSA) is 64.1 Å². The van der Waals surface area contributed by atoms with E-state index in [0.717, 1.165) is 11.3 Å². The number of methoxy groups -OCH3 is 1. The van der Waals surface area contributed by atoms with Gasteiger partial charge in [0.1, 0.15) is 6.33 Å². The molecule has 0 atom stereocenters. The molecule has 19 heavy (non-hydrogen) atoms. The zero-order chi connectivity index (χ0) is 13.5. The second-order valence-electron chi connectivity index (χ2n) is 3.95. The van der Waals surface area contributed by atoms with Crippen LogP contribution in [0.2, 0.25) is 0 Å². The summed E-state index contributed by atoms with van der Waals surface area (Å²) in [7, 11) is 1.38. The molecule has 0 unspecified atom stereocenters. The lowest BCUT2D eigenvalue weighted by atomic mass is 10.1. The van der Waals surface area contributed by atoms with Crippen LogP contribution in [0.3, 0.4) is 0 Å². The average Bonchev–Trinajstić information content (AvgIpc) is 2.48. The summed E-state index contributed by atoms with van der Waals surface area (Å²) in [5, 5.41) is 3.24. The number of carbonyl (C=O) groups is 1. The number of nitrogens with zero attached hydrogens (tertiary/aromatic N) is 2. The Morgan fingerprint density at radius 3 is 2.84 bits per heavy atom. The van der Waals surface area contributed by atoms with E-state index in [2.05, 4.69) is 15.3 Å². The van der Waals surface area contributed by atoms with Crippen molar-refractivity contribution in [3.05, 3.63) is 59.7 Å². The molecule has 0 saturated heterocycles. The maximum absolute atomic E-state index is 11.6. The number of carbonyl (C=O) groups excluding carboxylic acids is 1. The molecule has 0 fully saturated rings. The van der Waals surface area contributed by atoms with Crippen LogP contribution in [0.25, 0.3) is 0 Å². The molecule has 0 bridgehead atoms. The fraction of sp³-hybridized carbons (Fsp3) is 0.214. The zero-order valence-corrected chi connectivity index (χ0v) is 10.7. The Morgan fingerprint density at radius 1 is 1.26 bits per heavy atom. The first-order valence-electron chi connectivity index (χ1n) is 5.93. The van der Waals surface area contributed by atoms with Gasteiger partial charge in [-0.15, -0.1) is 0 Å². The predicted molar refractivity (Wildman–Crippen MR) is 70.4 cm³/mol. The summed E-state index contributed by atoms with van der Waals surface area (Å²) < 4.78 is 4.75. The van der Waals surface area contributed by atoms with Gasteiger partial charge < -0.3 is 10.1 Å². The highest BCUT2D eigenvalue weighted by Gasteiger charge is 2.10. The van der Waals surface area contributed by atoms with Crippen molar-refractivity contribution in [1.29, 1.82) is 0 Å². The third-order valence-corrected chi connectivity index (χ3v) is 2.69. The van der Waals surface area contributed by atoms with Gasteiger partial charge >= 0.3 is 5.97 Å². The maximum atomic E-state index is 11.6. The monoisotopic (exact) mass is 257 g/mol. The Labute approximate surface area is 111 Å². The van der Waals surface area contributed by atoms with Crippen molar-refractivity contribution in [3.8, 4) is 0 Å². The minimum absolute atomic E-state index is 0.320. The molecule has 2 rings (SSSR count). The smallest absolute Gasteiger partial charge is 0.338 e. The first-order chi connectivity index (χ1) is 9.31. The van der Waals surface area contributed by atoms with E-state index in [1.54, 1.807) is 12.3 Å². The summed E-state index contributed by atoms with van der Waals surface area (Å²) in [5.41, 5.74) is 2.40. The second-order valence-corrected chi connectivity index (χ2v) is 3.95. The van der Waals surface area contributed by atoms with E-state index in [1.165, 1.54) is 13.4 Å². The SMILES string of the molecule is COC(=O)c1ccccc1CNCc1ccncn1. The Bertz CT molecular complexity index is 543. The van der Waals surface area contributed by atoms with Gasteiger partial charge in [-0.3, -0.25) is 0 Å². The highest BCUT2D eigenvalue weighted by Crippen LogP contribution is 2.10. The number of hydrogen-bond acceptors (Lipinski definition) is 5. The van der Waals surface area contributed by atoms with Crippen LogP contribution in [-0.2, 0) is 17.8 Å². The Hall–Kier alpha value is -2.27. The number of nitrogens with one attached hydrogen (secondary N) is 1. The van der Waals surface area contributed by atoms with Crippen LogP contribution in [0.5, 0.6) is 0 Å². The maximum Gasteiger partial charge on any atom is 0.338 e. The normalized spacial score (nSPS) is 10.2. The molecular weight excluding hydrogens is 242 g/mol. The van der Waals surface area contributed by atoms with E-state index in [9.17, 15) is 4.79 Å². The number of aromatic nitrogens is 2. The fourth-order valence-electron chi connectivity index (χ4n) is 1.73. The average molecular weight is 257 g/mol. The van der Waals surface area contributed by atoms with Crippen LogP contribution in [0.15, 0.2) is 42.9 Å². The highest BCUT2D eigenvalue weighted by atomic mass is 16.5. The third kappa shape index (κ3) is 3.59. The molecule has 0 aliphatic carbocycles. The molecule has 0 amide bonds. The molecule has 2 aromatic rings.